The number of ether oxygens (including phenoxy) is 1. The van der Waals surface area contributed by atoms with Crippen LogP contribution in [0.15, 0.2) is 24.3 Å². The molecule has 4 nitrogen and oxygen atoms in total. The fourth-order valence-electron chi connectivity index (χ4n) is 2.34. The summed E-state index contributed by atoms with van der Waals surface area (Å²) < 4.78 is 5.30. The third-order valence-corrected chi connectivity index (χ3v) is 3.51. The fourth-order valence-corrected chi connectivity index (χ4v) is 2.34. The minimum Gasteiger partial charge on any atom is -0.392 e. The number of aliphatic hydroxyl groups excluding tert-OH is 1. The molecule has 1 heterocycles. The molecule has 0 bridgehead atoms. The van der Waals surface area contributed by atoms with Crippen LogP contribution in [-0.4, -0.2) is 24.2 Å². The molecule has 0 unspecified atom stereocenters. The zero-order chi connectivity index (χ0) is 13.5. The lowest BCUT2D eigenvalue weighted by atomic mass is 9.95. The van der Waals surface area contributed by atoms with Gasteiger partial charge >= 0.3 is 0 Å². The summed E-state index contributed by atoms with van der Waals surface area (Å²) in [5.41, 5.74) is 1.56. The molecule has 19 heavy (non-hydrogen) atoms. The monoisotopic (exact) mass is 263 g/mol. The van der Waals surface area contributed by atoms with Crippen LogP contribution >= 0.6 is 0 Å². The van der Waals surface area contributed by atoms with Gasteiger partial charge in [-0.25, -0.2) is 0 Å². The summed E-state index contributed by atoms with van der Waals surface area (Å²) in [5, 5.41) is 11.9. The van der Waals surface area contributed by atoms with Crippen molar-refractivity contribution < 1.29 is 14.6 Å². The van der Waals surface area contributed by atoms with Gasteiger partial charge in [0.05, 0.1) is 6.61 Å². The first kappa shape index (κ1) is 14.0. The third kappa shape index (κ3) is 4.65. The van der Waals surface area contributed by atoms with Crippen molar-refractivity contribution in [3.63, 3.8) is 0 Å². The fraction of sp³-hybridized carbons (Fsp3) is 0.533. The van der Waals surface area contributed by atoms with E-state index in [1.54, 1.807) is 6.07 Å². The lowest BCUT2D eigenvalue weighted by Crippen LogP contribution is -2.18. The van der Waals surface area contributed by atoms with Crippen LogP contribution in [0.3, 0.4) is 0 Å². The Kier molecular flexibility index (Phi) is 5.36. The summed E-state index contributed by atoms with van der Waals surface area (Å²) >= 11 is 0. The van der Waals surface area contributed by atoms with E-state index in [4.69, 9.17) is 9.84 Å². The normalized spacial score (nSPS) is 16.3. The molecule has 0 aliphatic carbocycles. The van der Waals surface area contributed by atoms with Crippen molar-refractivity contribution >= 4 is 11.6 Å². The molecule has 1 aliphatic heterocycles. The van der Waals surface area contributed by atoms with Crippen molar-refractivity contribution in [2.45, 2.75) is 32.3 Å². The van der Waals surface area contributed by atoms with Gasteiger partial charge in [-0.05, 0) is 42.9 Å². The molecule has 2 N–H and O–H groups in total. The molecule has 0 aromatic heterocycles. The molecule has 2 rings (SSSR count). The summed E-state index contributed by atoms with van der Waals surface area (Å²) in [5.74, 6) is 0.657. The van der Waals surface area contributed by atoms with Crippen LogP contribution in [0, 0.1) is 5.92 Å². The van der Waals surface area contributed by atoms with Crippen molar-refractivity contribution in [1.82, 2.24) is 0 Å². The molecule has 1 saturated heterocycles. The number of hydrogen-bond acceptors (Lipinski definition) is 3. The zero-order valence-electron chi connectivity index (χ0n) is 11.1. The topological polar surface area (TPSA) is 58.6 Å². The molecule has 0 radical (unpaired) electrons. The summed E-state index contributed by atoms with van der Waals surface area (Å²) in [6.07, 6.45) is 3.60. The Morgan fingerprint density at radius 2 is 2.16 bits per heavy atom. The van der Waals surface area contributed by atoms with Crippen molar-refractivity contribution in [1.29, 1.82) is 0 Å². The maximum Gasteiger partial charge on any atom is 0.224 e. The van der Waals surface area contributed by atoms with E-state index in [-0.39, 0.29) is 12.5 Å². The van der Waals surface area contributed by atoms with Crippen molar-refractivity contribution in [2.75, 3.05) is 18.5 Å². The Balaban J connectivity index is 1.76. The molecule has 104 valence electrons. The average molecular weight is 263 g/mol. The number of nitrogens with one attached hydrogen (secondary N) is 1. The van der Waals surface area contributed by atoms with Crippen LogP contribution in [0.5, 0.6) is 0 Å². The molecule has 0 saturated carbocycles. The van der Waals surface area contributed by atoms with Crippen LogP contribution in [0.25, 0.3) is 0 Å². The first-order valence-corrected chi connectivity index (χ1v) is 6.85. The Bertz CT molecular complexity index is 414. The molecular weight excluding hydrogens is 242 g/mol. The lowest BCUT2D eigenvalue weighted by molar-refractivity contribution is -0.116. The number of rotatable bonds is 5. The molecule has 1 aromatic carbocycles. The first-order chi connectivity index (χ1) is 9.28. The van der Waals surface area contributed by atoms with Crippen molar-refractivity contribution in [2.24, 2.45) is 5.92 Å². The number of anilines is 1. The van der Waals surface area contributed by atoms with Gasteiger partial charge in [0.2, 0.25) is 5.91 Å². The molecule has 1 amide bonds. The van der Waals surface area contributed by atoms with E-state index in [0.29, 0.717) is 12.3 Å². The SMILES string of the molecule is O=C(CCC1CCOCC1)Nc1cccc(CO)c1. The molecular formula is C15H21NO3. The van der Waals surface area contributed by atoms with Gasteiger partial charge < -0.3 is 15.2 Å². The van der Waals surface area contributed by atoms with E-state index < -0.39 is 0 Å². The standard InChI is InChI=1S/C15H21NO3/c17-11-13-2-1-3-14(10-13)16-15(18)5-4-12-6-8-19-9-7-12/h1-3,10,12,17H,4-9,11H2,(H,16,18). The second-order valence-corrected chi connectivity index (χ2v) is 5.00. The quantitative estimate of drug-likeness (QED) is 0.857. The van der Waals surface area contributed by atoms with Gasteiger partial charge in [0.1, 0.15) is 0 Å². The molecule has 0 atom stereocenters. The predicted octanol–water partition coefficient (Wildman–Crippen LogP) is 2.32. The number of amides is 1. The highest BCUT2D eigenvalue weighted by Gasteiger charge is 2.15. The second kappa shape index (κ2) is 7.26. The minimum atomic E-state index is -0.00815. The third-order valence-electron chi connectivity index (χ3n) is 3.51. The number of aliphatic hydroxyl groups is 1. The smallest absolute Gasteiger partial charge is 0.224 e. The maximum absolute atomic E-state index is 11.8. The number of carbonyl (C=O) groups is 1. The van der Waals surface area contributed by atoms with Gasteiger partial charge in [-0.3, -0.25) is 4.79 Å². The molecule has 1 aromatic rings. The zero-order valence-corrected chi connectivity index (χ0v) is 11.1. The summed E-state index contributed by atoms with van der Waals surface area (Å²) in [4.78, 5) is 11.8. The van der Waals surface area contributed by atoms with Gasteiger partial charge in [0.25, 0.3) is 0 Å². The Morgan fingerprint density at radius 3 is 2.89 bits per heavy atom. The predicted molar refractivity (Wildman–Crippen MR) is 73.8 cm³/mol. The molecule has 1 aliphatic rings. The molecule has 0 spiro atoms. The van der Waals surface area contributed by atoms with E-state index in [2.05, 4.69) is 5.32 Å². The van der Waals surface area contributed by atoms with E-state index in [9.17, 15) is 4.79 Å². The van der Waals surface area contributed by atoms with Crippen LogP contribution in [0.2, 0.25) is 0 Å². The van der Waals surface area contributed by atoms with Gasteiger partial charge in [-0.15, -0.1) is 0 Å². The Labute approximate surface area is 113 Å². The van der Waals surface area contributed by atoms with E-state index in [1.165, 1.54) is 0 Å². The van der Waals surface area contributed by atoms with Gasteiger partial charge in [-0.1, -0.05) is 12.1 Å². The average Bonchev–Trinajstić information content (AvgIpc) is 2.46. The Hall–Kier alpha value is -1.39. The van der Waals surface area contributed by atoms with Crippen molar-refractivity contribution in [3.05, 3.63) is 29.8 Å². The number of hydrogen-bond donors (Lipinski definition) is 2. The summed E-state index contributed by atoms with van der Waals surface area (Å²) in [6, 6.07) is 7.30. The first-order valence-electron chi connectivity index (χ1n) is 6.85. The largest absolute Gasteiger partial charge is 0.392 e. The van der Waals surface area contributed by atoms with Crippen molar-refractivity contribution in [3.8, 4) is 0 Å². The Morgan fingerprint density at radius 1 is 1.37 bits per heavy atom. The van der Waals surface area contributed by atoms with E-state index in [0.717, 1.165) is 43.7 Å². The highest BCUT2D eigenvalue weighted by Crippen LogP contribution is 2.20. The van der Waals surface area contributed by atoms with Gasteiger partial charge in [0, 0.05) is 25.3 Å². The van der Waals surface area contributed by atoms with Gasteiger partial charge in [0.15, 0.2) is 0 Å². The van der Waals surface area contributed by atoms with Crippen LogP contribution < -0.4 is 5.32 Å². The maximum atomic E-state index is 11.8. The second-order valence-electron chi connectivity index (χ2n) is 5.00. The van der Waals surface area contributed by atoms with Crippen LogP contribution in [0.4, 0.5) is 5.69 Å². The van der Waals surface area contributed by atoms with Crippen LogP contribution in [0.1, 0.15) is 31.2 Å². The highest BCUT2D eigenvalue weighted by atomic mass is 16.5. The van der Waals surface area contributed by atoms with Gasteiger partial charge in [-0.2, -0.15) is 0 Å². The lowest BCUT2D eigenvalue weighted by Gasteiger charge is -2.21. The number of carbonyl (C=O) groups excluding carboxylic acids is 1. The highest BCUT2D eigenvalue weighted by molar-refractivity contribution is 5.90. The summed E-state index contributed by atoms with van der Waals surface area (Å²) in [7, 11) is 0. The number of benzene rings is 1. The minimum absolute atomic E-state index is 0.00815. The summed E-state index contributed by atoms with van der Waals surface area (Å²) in [6.45, 7) is 1.64. The molecule has 4 heteroatoms. The van der Waals surface area contributed by atoms with E-state index in [1.807, 2.05) is 18.2 Å². The van der Waals surface area contributed by atoms with E-state index >= 15 is 0 Å². The van der Waals surface area contributed by atoms with Crippen LogP contribution in [-0.2, 0) is 16.1 Å². The molecule has 1 fully saturated rings.